The molecular formula is C20H17ClFN3O2. The lowest BCUT2D eigenvalue weighted by atomic mass is 10.1. The molecule has 0 bridgehead atoms. The first-order chi connectivity index (χ1) is 13.0. The Morgan fingerprint density at radius 3 is 2.85 bits per heavy atom. The molecule has 0 spiro atoms. The number of aryl methyl sites for hydroxylation is 1. The van der Waals surface area contributed by atoms with Gasteiger partial charge in [-0.05, 0) is 36.2 Å². The van der Waals surface area contributed by atoms with Crippen LogP contribution >= 0.6 is 11.6 Å². The van der Waals surface area contributed by atoms with Crippen molar-refractivity contribution in [3.8, 4) is 0 Å². The molecule has 0 saturated heterocycles. The zero-order chi connectivity index (χ0) is 19.4. The molecule has 0 unspecified atom stereocenters. The lowest BCUT2D eigenvalue weighted by molar-refractivity contribution is 0.102. The highest BCUT2D eigenvalue weighted by molar-refractivity contribution is 6.35. The van der Waals surface area contributed by atoms with E-state index in [2.05, 4.69) is 15.3 Å². The van der Waals surface area contributed by atoms with Gasteiger partial charge in [-0.25, -0.2) is 4.39 Å². The smallest absolute Gasteiger partial charge is 0.272 e. The Morgan fingerprint density at radius 2 is 2.11 bits per heavy atom. The number of ketones is 1. The van der Waals surface area contributed by atoms with Crippen molar-refractivity contribution < 1.29 is 14.0 Å². The van der Waals surface area contributed by atoms with Crippen LogP contribution in [-0.2, 0) is 6.42 Å². The second-order valence-electron chi connectivity index (χ2n) is 5.96. The summed E-state index contributed by atoms with van der Waals surface area (Å²) in [7, 11) is 0. The van der Waals surface area contributed by atoms with Crippen LogP contribution in [0.15, 0.2) is 48.9 Å². The summed E-state index contributed by atoms with van der Waals surface area (Å²) in [6.07, 6.45) is 6.34. The monoisotopic (exact) mass is 385 g/mol. The molecule has 0 aliphatic carbocycles. The zero-order valence-electron chi connectivity index (χ0n) is 14.6. The lowest BCUT2D eigenvalue weighted by Crippen LogP contribution is -2.14. The van der Waals surface area contributed by atoms with Crippen LogP contribution in [0.2, 0.25) is 5.02 Å². The minimum Gasteiger partial charge on any atom is -0.356 e. The molecule has 1 amide bonds. The van der Waals surface area contributed by atoms with Crippen molar-refractivity contribution >= 4 is 29.0 Å². The molecule has 27 heavy (non-hydrogen) atoms. The molecule has 0 aliphatic rings. The number of carbonyl (C=O) groups is 2. The minimum absolute atomic E-state index is 0.0202. The maximum absolute atomic E-state index is 14.0. The lowest BCUT2D eigenvalue weighted by Gasteiger charge is -2.08. The number of benzene rings is 1. The molecule has 2 aromatic heterocycles. The van der Waals surface area contributed by atoms with Crippen molar-refractivity contribution in [1.82, 2.24) is 9.97 Å². The number of carbonyl (C=O) groups excluding carboxylic acids is 2. The summed E-state index contributed by atoms with van der Waals surface area (Å²) >= 11 is 5.94. The Balaban J connectivity index is 1.82. The van der Waals surface area contributed by atoms with Crippen LogP contribution in [0.1, 0.15) is 45.3 Å². The number of rotatable bonds is 6. The highest BCUT2D eigenvalue weighted by atomic mass is 35.5. The SMILES string of the molecule is CCCc1ccncc1NC(=O)c1cc(C(=O)c2c(F)cccc2Cl)c[nH]1. The predicted octanol–water partition coefficient (Wildman–Crippen LogP) is 4.64. The maximum Gasteiger partial charge on any atom is 0.272 e. The summed E-state index contributed by atoms with van der Waals surface area (Å²) in [5, 5.41) is 2.80. The average Bonchev–Trinajstić information content (AvgIpc) is 3.13. The predicted molar refractivity (Wildman–Crippen MR) is 102 cm³/mol. The number of anilines is 1. The molecule has 138 valence electrons. The van der Waals surface area contributed by atoms with Gasteiger partial charge in [-0.15, -0.1) is 0 Å². The number of nitrogens with zero attached hydrogens (tertiary/aromatic N) is 1. The summed E-state index contributed by atoms with van der Waals surface area (Å²) in [5.41, 5.74) is 1.69. The summed E-state index contributed by atoms with van der Waals surface area (Å²) in [6, 6.07) is 7.25. The quantitative estimate of drug-likeness (QED) is 0.607. The summed E-state index contributed by atoms with van der Waals surface area (Å²) in [6.45, 7) is 2.04. The van der Waals surface area contributed by atoms with Gasteiger partial charge in [0.25, 0.3) is 5.91 Å². The van der Waals surface area contributed by atoms with Crippen LogP contribution in [0.25, 0.3) is 0 Å². The van der Waals surface area contributed by atoms with E-state index < -0.39 is 17.5 Å². The highest BCUT2D eigenvalue weighted by Crippen LogP contribution is 2.23. The number of aromatic nitrogens is 2. The van der Waals surface area contributed by atoms with E-state index in [4.69, 9.17) is 11.6 Å². The van der Waals surface area contributed by atoms with Crippen LogP contribution in [0, 0.1) is 5.82 Å². The van der Waals surface area contributed by atoms with Gasteiger partial charge < -0.3 is 10.3 Å². The number of aromatic amines is 1. The number of amides is 1. The highest BCUT2D eigenvalue weighted by Gasteiger charge is 2.20. The van der Waals surface area contributed by atoms with E-state index >= 15 is 0 Å². The first-order valence-electron chi connectivity index (χ1n) is 8.42. The van der Waals surface area contributed by atoms with Gasteiger partial charge >= 0.3 is 0 Å². The Morgan fingerprint density at radius 1 is 1.30 bits per heavy atom. The Bertz CT molecular complexity index is 980. The second-order valence-corrected chi connectivity index (χ2v) is 6.37. The third kappa shape index (κ3) is 4.06. The number of halogens is 2. The fraction of sp³-hybridized carbons (Fsp3) is 0.150. The van der Waals surface area contributed by atoms with Gasteiger partial charge in [-0.3, -0.25) is 14.6 Å². The third-order valence-corrected chi connectivity index (χ3v) is 4.37. The van der Waals surface area contributed by atoms with Crippen molar-refractivity contribution in [2.75, 3.05) is 5.32 Å². The summed E-state index contributed by atoms with van der Waals surface area (Å²) in [4.78, 5) is 31.8. The van der Waals surface area contributed by atoms with Crippen molar-refractivity contribution in [2.45, 2.75) is 19.8 Å². The van der Waals surface area contributed by atoms with Crippen LogP contribution in [0.3, 0.4) is 0 Å². The Labute approximate surface area is 160 Å². The van der Waals surface area contributed by atoms with E-state index in [1.54, 1.807) is 12.4 Å². The van der Waals surface area contributed by atoms with Crippen LogP contribution in [0.5, 0.6) is 0 Å². The molecule has 0 atom stereocenters. The fourth-order valence-corrected chi connectivity index (χ4v) is 2.98. The maximum atomic E-state index is 14.0. The molecule has 5 nitrogen and oxygen atoms in total. The molecule has 0 saturated carbocycles. The molecule has 0 fully saturated rings. The second kappa shape index (κ2) is 8.14. The van der Waals surface area contributed by atoms with Crippen molar-refractivity contribution in [2.24, 2.45) is 0 Å². The standard InChI is InChI=1S/C20H17ClFN3O2/c1-2-4-12-7-8-23-11-17(12)25-20(27)16-9-13(10-24-16)19(26)18-14(21)5-3-6-15(18)22/h3,5-11,24H,2,4H2,1H3,(H,25,27). The normalized spacial score (nSPS) is 10.6. The van der Waals surface area contributed by atoms with Crippen LogP contribution in [0.4, 0.5) is 10.1 Å². The molecule has 0 radical (unpaired) electrons. The van der Waals surface area contributed by atoms with E-state index in [-0.39, 0.29) is 21.8 Å². The molecule has 0 aliphatic heterocycles. The van der Waals surface area contributed by atoms with Gasteiger partial charge in [-0.2, -0.15) is 0 Å². The van der Waals surface area contributed by atoms with E-state index in [1.807, 2.05) is 13.0 Å². The number of pyridine rings is 1. The Hall–Kier alpha value is -2.99. The third-order valence-electron chi connectivity index (χ3n) is 4.06. The number of hydrogen-bond acceptors (Lipinski definition) is 3. The minimum atomic E-state index is -0.709. The van der Waals surface area contributed by atoms with Gasteiger partial charge in [-0.1, -0.05) is 31.0 Å². The molecule has 1 aromatic carbocycles. The van der Waals surface area contributed by atoms with Crippen molar-refractivity contribution in [1.29, 1.82) is 0 Å². The van der Waals surface area contributed by atoms with Gasteiger partial charge in [0.15, 0.2) is 5.78 Å². The van der Waals surface area contributed by atoms with Crippen LogP contribution < -0.4 is 5.32 Å². The molecule has 3 rings (SSSR count). The Kier molecular flexibility index (Phi) is 5.66. The number of H-pyrrole nitrogens is 1. The van der Waals surface area contributed by atoms with Crippen LogP contribution in [-0.4, -0.2) is 21.7 Å². The van der Waals surface area contributed by atoms with Gasteiger partial charge in [0.05, 0.1) is 22.5 Å². The van der Waals surface area contributed by atoms with Crippen molar-refractivity contribution in [3.63, 3.8) is 0 Å². The first-order valence-corrected chi connectivity index (χ1v) is 8.80. The van der Waals surface area contributed by atoms with Crippen molar-refractivity contribution in [3.05, 3.63) is 82.1 Å². The fourth-order valence-electron chi connectivity index (χ4n) is 2.73. The van der Waals surface area contributed by atoms with E-state index in [9.17, 15) is 14.0 Å². The topological polar surface area (TPSA) is 74.8 Å². The molecule has 3 aromatic rings. The number of nitrogens with one attached hydrogen (secondary N) is 2. The first kappa shape index (κ1) is 18.8. The zero-order valence-corrected chi connectivity index (χ0v) is 15.3. The summed E-state index contributed by atoms with van der Waals surface area (Å²) < 4.78 is 14.0. The average molecular weight is 386 g/mol. The molecule has 7 heteroatoms. The van der Waals surface area contributed by atoms with Gasteiger partial charge in [0.1, 0.15) is 11.5 Å². The van der Waals surface area contributed by atoms with E-state index in [1.165, 1.54) is 24.4 Å². The van der Waals surface area contributed by atoms with E-state index in [0.717, 1.165) is 24.5 Å². The van der Waals surface area contributed by atoms with E-state index in [0.29, 0.717) is 5.69 Å². The molecular weight excluding hydrogens is 369 g/mol. The number of hydrogen-bond donors (Lipinski definition) is 2. The largest absolute Gasteiger partial charge is 0.356 e. The van der Waals surface area contributed by atoms with Gasteiger partial charge in [0.2, 0.25) is 0 Å². The molecule has 2 heterocycles. The van der Waals surface area contributed by atoms with Gasteiger partial charge in [0, 0.05) is 18.0 Å². The summed E-state index contributed by atoms with van der Waals surface area (Å²) in [5.74, 6) is -1.72. The molecule has 2 N–H and O–H groups in total.